The average molecular weight is 315 g/mol. The molecule has 0 atom stereocenters. The van der Waals surface area contributed by atoms with Crippen LogP contribution in [0.3, 0.4) is 0 Å². The SMILES string of the molecule is CCNCc1csc(S(=O)(=O)NCCc2ncn[nH]2)c1. The Hall–Kier alpha value is -1.29. The van der Waals surface area contributed by atoms with Crippen molar-refractivity contribution in [3.63, 3.8) is 0 Å². The highest BCUT2D eigenvalue weighted by Crippen LogP contribution is 2.19. The fourth-order valence-electron chi connectivity index (χ4n) is 1.58. The molecule has 0 aromatic carbocycles. The molecular weight excluding hydrogens is 298 g/mol. The summed E-state index contributed by atoms with van der Waals surface area (Å²) in [4.78, 5) is 3.94. The lowest BCUT2D eigenvalue weighted by Crippen LogP contribution is -2.25. The smallest absolute Gasteiger partial charge is 0.250 e. The third-order valence-corrected chi connectivity index (χ3v) is 5.54. The van der Waals surface area contributed by atoms with Crippen LogP contribution in [0.5, 0.6) is 0 Å². The molecule has 9 heteroatoms. The van der Waals surface area contributed by atoms with Crippen molar-refractivity contribution in [1.29, 1.82) is 0 Å². The lowest BCUT2D eigenvalue weighted by molar-refractivity contribution is 0.583. The van der Waals surface area contributed by atoms with E-state index in [1.165, 1.54) is 17.7 Å². The van der Waals surface area contributed by atoms with E-state index in [1.54, 1.807) is 6.07 Å². The van der Waals surface area contributed by atoms with Crippen molar-refractivity contribution < 1.29 is 8.42 Å². The highest BCUT2D eigenvalue weighted by atomic mass is 32.2. The maximum atomic E-state index is 12.1. The first kappa shape index (κ1) is 15.1. The van der Waals surface area contributed by atoms with Gasteiger partial charge in [-0.15, -0.1) is 11.3 Å². The molecule has 0 radical (unpaired) electrons. The zero-order chi connectivity index (χ0) is 14.4. The topological polar surface area (TPSA) is 99.8 Å². The van der Waals surface area contributed by atoms with Crippen LogP contribution in [0.25, 0.3) is 0 Å². The van der Waals surface area contributed by atoms with Gasteiger partial charge in [-0.2, -0.15) is 5.10 Å². The normalized spacial score (nSPS) is 11.8. The summed E-state index contributed by atoms with van der Waals surface area (Å²) < 4.78 is 27.1. The Morgan fingerprint density at radius 2 is 2.30 bits per heavy atom. The molecule has 2 heterocycles. The van der Waals surface area contributed by atoms with Crippen molar-refractivity contribution in [3.8, 4) is 0 Å². The van der Waals surface area contributed by atoms with Crippen LogP contribution in [0.2, 0.25) is 0 Å². The molecular formula is C11H17N5O2S2. The summed E-state index contributed by atoms with van der Waals surface area (Å²) in [7, 11) is -3.44. The van der Waals surface area contributed by atoms with Crippen LogP contribution in [0.4, 0.5) is 0 Å². The van der Waals surface area contributed by atoms with Crippen molar-refractivity contribution in [3.05, 3.63) is 29.2 Å². The van der Waals surface area contributed by atoms with E-state index in [1.807, 2.05) is 12.3 Å². The third-order valence-electron chi connectivity index (χ3n) is 2.59. The number of aromatic amines is 1. The van der Waals surface area contributed by atoms with E-state index < -0.39 is 10.0 Å². The summed E-state index contributed by atoms with van der Waals surface area (Å²) >= 11 is 1.23. The molecule has 0 aliphatic carbocycles. The molecule has 2 aromatic rings. The fourth-order valence-corrected chi connectivity index (χ4v) is 3.87. The number of hydrogen-bond acceptors (Lipinski definition) is 6. The highest BCUT2D eigenvalue weighted by molar-refractivity contribution is 7.91. The second-order valence-electron chi connectivity index (χ2n) is 4.13. The van der Waals surface area contributed by atoms with Gasteiger partial charge in [-0.05, 0) is 23.6 Å². The summed E-state index contributed by atoms with van der Waals surface area (Å²) in [5, 5.41) is 11.4. The summed E-state index contributed by atoms with van der Waals surface area (Å²) in [6.07, 6.45) is 1.88. The molecule has 0 aliphatic rings. The maximum Gasteiger partial charge on any atom is 0.250 e. The number of nitrogens with zero attached hydrogens (tertiary/aromatic N) is 2. The predicted octanol–water partition coefficient (Wildman–Crippen LogP) is 0.497. The van der Waals surface area contributed by atoms with Crippen molar-refractivity contribution in [2.24, 2.45) is 0 Å². The number of nitrogens with one attached hydrogen (secondary N) is 3. The fraction of sp³-hybridized carbons (Fsp3) is 0.455. The van der Waals surface area contributed by atoms with Crippen LogP contribution < -0.4 is 10.0 Å². The maximum absolute atomic E-state index is 12.1. The molecule has 0 amide bonds. The molecule has 0 unspecified atom stereocenters. The van der Waals surface area contributed by atoms with Crippen molar-refractivity contribution in [2.45, 2.75) is 24.1 Å². The molecule has 20 heavy (non-hydrogen) atoms. The van der Waals surface area contributed by atoms with Crippen LogP contribution >= 0.6 is 11.3 Å². The molecule has 0 aliphatic heterocycles. The van der Waals surface area contributed by atoms with Gasteiger partial charge >= 0.3 is 0 Å². The van der Waals surface area contributed by atoms with Gasteiger partial charge < -0.3 is 5.32 Å². The van der Waals surface area contributed by atoms with E-state index in [0.717, 1.165) is 12.1 Å². The minimum Gasteiger partial charge on any atom is -0.313 e. The average Bonchev–Trinajstić information content (AvgIpc) is 3.07. The molecule has 0 saturated heterocycles. The molecule has 7 nitrogen and oxygen atoms in total. The van der Waals surface area contributed by atoms with Crippen LogP contribution in [0, 0.1) is 0 Å². The Bertz CT molecular complexity index is 621. The first-order chi connectivity index (χ1) is 9.62. The Morgan fingerprint density at radius 3 is 3.00 bits per heavy atom. The van der Waals surface area contributed by atoms with Crippen LogP contribution in [-0.4, -0.2) is 36.7 Å². The van der Waals surface area contributed by atoms with Gasteiger partial charge in [-0.3, -0.25) is 5.10 Å². The van der Waals surface area contributed by atoms with Gasteiger partial charge in [0.25, 0.3) is 0 Å². The van der Waals surface area contributed by atoms with E-state index in [0.29, 0.717) is 23.0 Å². The quantitative estimate of drug-likeness (QED) is 0.658. The molecule has 2 rings (SSSR count). The van der Waals surface area contributed by atoms with E-state index in [9.17, 15) is 8.42 Å². The Balaban J connectivity index is 1.90. The number of aromatic nitrogens is 3. The largest absolute Gasteiger partial charge is 0.313 e. The van der Waals surface area contributed by atoms with Gasteiger partial charge in [-0.1, -0.05) is 6.92 Å². The molecule has 2 aromatic heterocycles. The predicted molar refractivity (Wildman–Crippen MR) is 77.0 cm³/mol. The first-order valence-corrected chi connectivity index (χ1v) is 8.60. The minimum atomic E-state index is -3.44. The Morgan fingerprint density at radius 1 is 1.45 bits per heavy atom. The lowest BCUT2D eigenvalue weighted by Gasteiger charge is -2.03. The second kappa shape index (κ2) is 6.93. The molecule has 0 spiro atoms. The Kier molecular flexibility index (Phi) is 5.24. The van der Waals surface area contributed by atoms with Crippen molar-refractivity contribution >= 4 is 21.4 Å². The molecule has 3 N–H and O–H groups in total. The molecule has 0 fully saturated rings. The summed E-state index contributed by atoms with van der Waals surface area (Å²) in [5.41, 5.74) is 0.979. The Labute approximate surface area is 121 Å². The van der Waals surface area contributed by atoms with Gasteiger partial charge in [0.1, 0.15) is 16.4 Å². The monoisotopic (exact) mass is 315 g/mol. The van der Waals surface area contributed by atoms with Crippen LogP contribution in [-0.2, 0) is 23.0 Å². The molecule has 0 saturated carbocycles. The van der Waals surface area contributed by atoms with Crippen LogP contribution in [0.15, 0.2) is 22.0 Å². The number of hydrogen-bond donors (Lipinski definition) is 3. The number of thiophene rings is 1. The zero-order valence-corrected chi connectivity index (χ0v) is 12.7. The van der Waals surface area contributed by atoms with Gasteiger partial charge in [0.15, 0.2) is 0 Å². The third kappa shape index (κ3) is 4.10. The molecule has 0 bridgehead atoms. The van der Waals surface area contributed by atoms with Crippen molar-refractivity contribution in [1.82, 2.24) is 25.2 Å². The van der Waals surface area contributed by atoms with Crippen LogP contribution in [0.1, 0.15) is 18.3 Å². The highest BCUT2D eigenvalue weighted by Gasteiger charge is 2.16. The van der Waals surface area contributed by atoms with Crippen molar-refractivity contribution in [2.75, 3.05) is 13.1 Å². The minimum absolute atomic E-state index is 0.290. The summed E-state index contributed by atoms with van der Waals surface area (Å²) in [5.74, 6) is 0.659. The van der Waals surface area contributed by atoms with E-state index in [4.69, 9.17) is 0 Å². The zero-order valence-electron chi connectivity index (χ0n) is 11.1. The lowest BCUT2D eigenvalue weighted by atomic mass is 10.3. The standard InChI is InChI=1S/C11H17N5O2S2/c1-2-12-6-9-5-11(19-7-9)20(17,18)15-4-3-10-13-8-14-16-10/h5,7-8,12,15H,2-4,6H2,1H3,(H,13,14,16). The first-order valence-electron chi connectivity index (χ1n) is 6.24. The van der Waals surface area contributed by atoms with E-state index in [2.05, 4.69) is 25.2 Å². The van der Waals surface area contributed by atoms with E-state index >= 15 is 0 Å². The summed E-state index contributed by atoms with van der Waals surface area (Å²) in [6, 6.07) is 1.70. The number of H-pyrrole nitrogens is 1. The molecule has 110 valence electrons. The summed E-state index contributed by atoms with van der Waals surface area (Å²) in [6.45, 7) is 3.83. The number of rotatable bonds is 8. The number of sulfonamides is 1. The van der Waals surface area contributed by atoms with E-state index in [-0.39, 0.29) is 6.54 Å². The van der Waals surface area contributed by atoms with Gasteiger partial charge in [0, 0.05) is 19.5 Å². The van der Waals surface area contributed by atoms with Gasteiger partial charge in [-0.25, -0.2) is 18.1 Å². The van der Waals surface area contributed by atoms with Gasteiger partial charge in [0.05, 0.1) is 0 Å². The van der Waals surface area contributed by atoms with Gasteiger partial charge in [0.2, 0.25) is 10.0 Å². The second-order valence-corrected chi connectivity index (χ2v) is 7.04.